The lowest BCUT2D eigenvalue weighted by molar-refractivity contribution is 0.0925. The minimum Gasteiger partial charge on any atom is -0.399 e. The number of anilines is 1. The van der Waals surface area contributed by atoms with Gasteiger partial charge in [-0.15, -0.1) is 0 Å². The monoisotopic (exact) mass is 261 g/mol. The van der Waals surface area contributed by atoms with E-state index in [2.05, 4.69) is 17.1 Å². The highest BCUT2D eigenvalue weighted by molar-refractivity contribution is 5.95. The third kappa shape index (κ3) is 4.24. The number of hydrogen-bond donors (Lipinski definition) is 2. The maximum atomic E-state index is 12.1. The molecule has 4 heteroatoms. The zero-order valence-electron chi connectivity index (χ0n) is 11.6. The fourth-order valence-electron chi connectivity index (χ4n) is 2.56. The highest BCUT2D eigenvalue weighted by atomic mass is 16.1. The van der Waals surface area contributed by atoms with Crippen LogP contribution in [-0.4, -0.2) is 36.5 Å². The molecule has 0 saturated carbocycles. The summed E-state index contributed by atoms with van der Waals surface area (Å²) < 4.78 is 0. The number of benzene rings is 1. The van der Waals surface area contributed by atoms with E-state index in [4.69, 9.17) is 5.73 Å². The average Bonchev–Trinajstić information content (AvgIpc) is 2.39. The topological polar surface area (TPSA) is 58.4 Å². The van der Waals surface area contributed by atoms with Crippen LogP contribution < -0.4 is 11.1 Å². The number of hydrogen-bond acceptors (Lipinski definition) is 3. The van der Waals surface area contributed by atoms with Crippen LogP contribution in [0.25, 0.3) is 0 Å². The van der Waals surface area contributed by atoms with Gasteiger partial charge in [0.25, 0.3) is 5.91 Å². The normalized spacial score (nSPS) is 17.9. The summed E-state index contributed by atoms with van der Waals surface area (Å²) >= 11 is 0. The first kappa shape index (κ1) is 13.9. The van der Waals surface area contributed by atoms with Crippen LogP contribution in [0.1, 0.15) is 36.5 Å². The van der Waals surface area contributed by atoms with E-state index in [1.807, 2.05) is 0 Å². The van der Waals surface area contributed by atoms with Crippen molar-refractivity contribution >= 4 is 11.6 Å². The number of nitrogens with two attached hydrogens (primary N) is 1. The van der Waals surface area contributed by atoms with Gasteiger partial charge in [0.05, 0.1) is 0 Å². The lowest BCUT2D eigenvalue weighted by atomic mass is 10.1. The molecule has 1 fully saturated rings. The van der Waals surface area contributed by atoms with Crippen LogP contribution in [0.15, 0.2) is 24.3 Å². The van der Waals surface area contributed by atoms with Gasteiger partial charge in [0.1, 0.15) is 0 Å². The molecular formula is C15H23N3O. The second-order valence-corrected chi connectivity index (χ2v) is 5.36. The summed E-state index contributed by atoms with van der Waals surface area (Å²) in [6.07, 6.45) is 3.88. The van der Waals surface area contributed by atoms with Crippen molar-refractivity contribution in [3.63, 3.8) is 0 Å². The Kier molecular flexibility index (Phi) is 4.80. The van der Waals surface area contributed by atoms with E-state index < -0.39 is 0 Å². The smallest absolute Gasteiger partial charge is 0.251 e. The first-order valence-electron chi connectivity index (χ1n) is 7.04. The molecule has 0 bridgehead atoms. The van der Waals surface area contributed by atoms with Gasteiger partial charge in [-0.25, -0.2) is 0 Å². The SMILES string of the molecule is CC(CN1CCCCC1)NC(=O)c1cccc(N)c1. The summed E-state index contributed by atoms with van der Waals surface area (Å²) in [5.41, 5.74) is 6.94. The molecule has 2 rings (SSSR count). The number of carbonyl (C=O) groups is 1. The minimum atomic E-state index is -0.0446. The van der Waals surface area contributed by atoms with Crippen molar-refractivity contribution in [2.75, 3.05) is 25.4 Å². The van der Waals surface area contributed by atoms with E-state index in [1.165, 1.54) is 19.3 Å². The molecule has 1 amide bonds. The number of likely N-dealkylation sites (tertiary alicyclic amines) is 1. The number of rotatable bonds is 4. The van der Waals surface area contributed by atoms with E-state index in [0.717, 1.165) is 19.6 Å². The highest BCUT2D eigenvalue weighted by Crippen LogP contribution is 2.10. The fourth-order valence-corrected chi connectivity index (χ4v) is 2.56. The minimum absolute atomic E-state index is 0.0446. The first-order chi connectivity index (χ1) is 9.15. The quantitative estimate of drug-likeness (QED) is 0.814. The maximum absolute atomic E-state index is 12.1. The van der Waals surface area contributed by atoms with Gasteiger partial charge in [-0.2, -0.15) is 0 Å². The number of carbonyl (C=O) groups excluding carboxylic acids is 1. The van der Waals surface area contributed by atoms with Gasteiger partial charge in [0, 0.05) is 23.8 Å². The van der Waals surface area contributed by atoms with Crippen molar-refractivity contribution < 1.29 is 4.79 Å². The summed E-state index contributed by atoms with van der Waals surface area (Å²) in [5.74, 6) is -0.0446. The van der Waals surface area contributed by atoms with Crippen LogP contribution in [0.2, 0.25) is 0 Å². The molecule has 104 valence electrons. The van der Waals surface area contributed by atoms with Crippen LogP contribution in [0.3, 0.4) is 0 Å². The molecule has 3 N–H and O–H groups in total. The van der Waals surface area contributed by atoms with Gasteiger partial charge < -0.3 is 16.0 Å². The van der Waals surface area contributed by atoms with Crippen LogP contribution in [0.5, 0.6) is 0 Å². The Hall–Kier alpha value is -1.55. The highest BCUT2D eigenvalue weighted by Gasteiger charge is 2.15. The van der Waals surface area contributed by atoms with Crippen LogP contribution in [-0.2, 0) is 0 Å². The molecule has 0 spiro atoms. The molecule has 1 aliphatic rings. The van der Waals surface area contributed by atoms with Crippen molar-refractivity contribution in [1.82, 2.24) is 10.2 Å². The fraction of sp³-hybridized carbons (Fsp3) is 0.533. The number of amides is 1. The Morgan fingerprint density at radius 2 is 2.11 bits per heavy atom. The number of nitrogens with one attached hydrogen (secondary N) is 1. The summed E-state index contributed by atoms with van der Waals surface area (Å²) in [7, 11) is 0. The average molecular weight is 261 g/mol. The predicted octanol–water partition coefficient (Wildman–Crippen LogP) is 1.87. The Bertz CT molecular complexity index is 427. The number of piperidine rings is 1. The van der Waals surface area contributed by atoms with Crippen molar-refractivity contribution in [2.45, 2.75) is 32.2 Å². The van der Waals surface area contributed by atoms with E-state index >= 15 is 0 Å². The molecule has 1 saturated heterocycles. The van der Waals surface area contributed by atoms with Crippen molar-refractivity contribution in [1.29, 1.82) is 0 Å². The van der Waals surface area contributed by atoms with Gasteiger partial charge >= 0.3 is 0 Å². The summed E-state index contributed by atoms with van der Waals surface area (Å²) in [6.45, 7) is 5.28. The lowest BCUT2D eigenvalue weighted by Gasteiger charge is -2.29. The van der Waals surface area contributed by atoms with Gasteiger partial charge in [-0.05, 0) is 51.1 Å². The zero-order chi connectivity index (χ0) is 13.7. The van der Waals surface area contributed by atoms with Crippen LogP contribution in [0.4, 0.5) is 5.69 Å². The Morgan fingerprint density at radius 3 is 2.79 bits per heavy atom. The van der Waals surface area contributed by atoms with Gasteiger partial charge in [-0.1, -0.05) is 12.5 Å². The van der Waals surface area contributed by atoms with E-state index in [1.54, 1.807) is 24.3 Å². The molecule has 19 heavy (non-hydrogen) atoms. The zero-order valence-corrected chi connectivity index (χ0v) is 11.6. The number of nitrogen functional groups attached to an aromatic ring is 1. The molecule has 1 heterocycles. The molecule has 1 aromatic carbocycles. The van der Waals surface area contributed by atoms with Crippen LogP contribution in [0, 0.1) is 0 Å². The van der Waals surface area contributed by atoms with E-state index in [0.29, 0.717) is 11.3 Å². The molecule has 1 unspecified atom stereocenters. The first-order valence-corrected chi connectivity index (χ1v) is 7.04. The van der Waals surface area contributed by atoms with E-state index in [-0.39, 0.29) is 11.9 Å². The van der Waals surface area contributed by atoms with Gasteiger partial charge in [-0.3, -0.25) is 4.79 Å². The largest absolute Gasteiger partial charge is 0.399 e. The molecule has 4 nitrogen and oxygen atoms in total. The molecule has 1 aliphatic heterocycles. The second kappa shape index (κ2) is 6.57. The van der Waals surface area contributed by atoms with Crippen molar-refractivity contribution in [3.8, 4) is 0 Å². The summed E-state index contributed by atoms with van der Waals surface area (Å²) in [6, 6.07) is 7.25. The lowest BCUT2D eigenvalue weighted by Crippen LogP contribution is -2.43. The van der Waals surface area contributed by atoms with Crippen molar-refractivity contribution in [2.24, 2.45) is 0 Å². The van der Waals surface area contributed by atoms with Gasteiger partial charge in [0.15, 0.2) is 0 Å². The third-order valence-corrected chi connectivity index (χ3v) is 3.51. The van der Waals surface area contributed by atoms with Crippen LogP contribution >= 0.6 is 0 Å². The maximum Gasteiger partial charge on any atom is 0.251 e. The van der Waals surface area contributed by atoms with E-state index in [9.17, 15) is 4.79 Å². The Balaban J connectivity index is 1.84. The standard InChI is InChI=1S/C15H23N3O/c1-12(11-18-8-3-2-4-9-18)17-15(19)13-6-5-7-14(16)10-13/h5-7,10,12H,2-4,8-9,11,16H2,1H3,(H,17,19). The van der Waals surface area contributed by atoms with Crippen molar-refractivity contribution in [3.05, 3.63) is 29.8 Å². The second-order valence-electron chi connectivity index (χ2n) is 5.36. The predicted molar refractivity (Wildman–Crippen MR) is 78.1 cm³/mol. The third-order valence-electron chi connectivity index (χ3n) is 3.51. The molecule has 0 aliphatic carbocycles. The molecule has 1 atom stereocenters. The Morgan fingerprint density at radius 1 is 1.37 bits per heavy atom. The molecular weight excluding hydrogens is 238 g/mol. The number of nitrogens with zero attached hydrogens (tertiary/aromatic N) is 1. The summed E-state index contributed by atoms with van der Waals surface area (Å²) in [5, 5.41) is 3.03. The summed E-state index contributed by atoms with van der Waals surface area (Å²) in [4.78, 5) is 14.5. The molecule has 1 aromatic rings. The Labute approximate surface area is 115 Å². The molecule has 0 aromatic heterocycles. The van der Waals surface area contributed by atoms with Gasteiger partial charge in [0.2, 0.25) is 0 Å². The molecule has 0 radical (unpaired) electrons.